The third-order valence-corrected chi connectivity index (χ3v) is 2.95. The van der Waals surface area contributed by atoms with E-state index in [4.69, 9.17) is 0 Å². The van der Waals surface area contributed by atoms with Crippen molar-refractivity contribution in [2.45, 2.75) is 19.8 Å². The standard InChI is InChI=1S/C15H19N/c1-12-5-7-15-11-13(4-3-9-16-2)6-8-14(15)10-12/h5-8,10-11,16H,3-4,9H2,1-2H3. The molecule has 0 heterocycles. The van der Waals surface area contributed by atoms with Crippen LogP contribution < -0.4 is 5.32 Å². The summed E-state index contributed by atoms with van der Waals surface area (Å²) in [6.45, 7) is 3.23. The van der Waals surface area contributed by atoms with Crippen molar-refractivity contribution in [3.8, 4) is 0 Å². The summed E-state index contributed by atoms with van der Waals surface area (Å²) in [5, 5.41) is 5.88. The summed E-state index contributed by atoms with van der Waals surface area (Å²) in [4.78, 5) is 0. The normalized spacial score (nSPS) is 10.9. The third kappa shape index (κ3) is 2.61. The first kappa shape index (κ1) is 11.2. The topological polar surface area (TPSA) is 12.0 Å². The van der Waals surface area contributed by atoms with E-state index in [1.807, 2.05) is 7.05 Å². The Hall–Kier alpha value is -1.34. The SMILES string of the molecule is CNCCCc1ccc2cc(C)ccc2c1. The van der Waals surface area contributed by atoms with Crippen molar-refractivity contribution in [1.82, 2.24) is 5.32 Å². The van der Waals surface area contributed by atoms with Crippen molar-refractivity contribution in [1.29, 1.82) is 0 Å². The molecule has 1 heteroatoms. The van der Waals surface area contributed by atoms with Crippen LogP contribution in [0.15, 0.2) is 36.4 Å². The van der Waals surface area contributed by atoms with Crippen LogP contribution in [0.25, 0.3) is 10.8 Å². The van der Waals surface area contributed by atoms with Crippen LogP contribution in [-0.4, -0.2) is 13.6 Å². The van der Waals surface area contributed by atoms with E-state index in [0.717, 1.165) is 13.0 Å². The summed E-state index contributed by atoms with van der Waals surface area (Å²) in [6, 6.07) is 13.4. The monoisotopic (exact) mass is 213 g/mol. The van der Waals surface area contributed by atoms with Gasteiger partial charge in [-0.05, 0) is 49.7 Å². The van der Waals surface area contributed by atoms with Crippen molar-refractivity contribution in [2.75, 3.05) is 13.6 Å². The molecule has 0 bridgehead atoms. The van der Waals surface area contributed by atoms with Gasteiger partial charge in [0.2, 0.25) is 0 Å². The minimum absolute atomic E-state index is 1.09. The van der Waals surface area contributed by atoms with Gasteiger partial charge in [-0.1, -0.05) is 42.0 Å². The summed E-state index contributed by atoms with van der Waals surface area (Å²) in [6.07, 6.45) is 2.36. The van der Waals surface area contributed by atoms with Gasteiger partial charge in [-0.25, -0.2) is 0 Å². The van der Waals surface area contributed by atoms with E-state index in [9.17, 15) is 0 Å². The van der Waals surface area contributed by atoms with Gasteiger partial charge in [0, 0.05) is 0 Å². The smallest absolute Gasteiger partial charge is 0.00488 e. The number of fused-ring (bicyclic) bond motifs is 1. The molecule has 2 rings (SSSR count). The Morgan fingerprint density at radius 2 is 1.75 bits per heavy atom. The van der Waals surface area contributed by atoms with E-state index >= 15 is 0 Å². The van der Waals surface area contributed by atoms with E-state index in [1.54, 1.807) is 0 Å². The largest absolute Gasteiger partial charge is 0.320 e. The van der Waals surface area contributed by atoms with Crippen LogP contribution in [0.2, 0.25) is 0 Å². The maximum Gasteiger partial charge on any atom is -0.00488 e. The van der Waals surface area contributed by atoms with Gasteiger partial charge in [0.25, 0.3) is 0 Å². The third-order valence-electron chi connectivity index (χ3n) is 2.95. The van der Waals surface area contributed by atoms with Crippen LogP contribution in [-0.2, 0) is 6.42 Å². The molecule has 2 aromatic rings. The Morgan fingerprint density at radius 1 is 1.00 bits per heavy atom. The average molecular weight is 213 g/mol. The zero-order valence-electron chi connectivity index (χ0n) is 10.1. The van der Waals surface area contributed by atoms with Crippen LogP contribution in [0.3, 0.4) is 0 Å². The Bertz CT molecular complexity index is 474. The molecule has 0 aromatic heterocycles. The van der Waals surface area contributed by atoms with Crippen LogP contribution in [0.5, 0.6) is 0 Å². The van der Waals surface area contributed by atoms with Crippen LogP contribution >= 0.6 is 0 Å². The first-order valence-corrected chi connectivity index (χ1v) is 5.93. The second-order valence-electron chi connectivity index (χ2n) is 4.39. The lowest BCUT2D eigenvalue weighted by atomic mass is 10.0. The van der Waals surface area contributed by atoms with Crippen molar-refractivity contribution in [2.24, 2.45) is 0 Å². The van der Waals surface area contributed by atoms with Crippen LogP contribution in [0.1, 0.15) is 17.5 Å². The second kappa shape index (κ2) is 5.13. The van der Waals surface area contributed by atoms with E-state index in [-0.39, 0.29) is 0 Å². The highest BCUT2D eigenvalue weighted by atomic mass is 14.8. The molecule has 0 aliphatic heterocycles. The first-order chi connectivity index (χ1) is 7.79. The zero-order chi connectivity index (χ0) is 11.4. The molecule has 0 aliphatic rings. The Labute approximate surface area is 97.5 Å². The molecular formula is C15H19N. The van der Waals surface area contributed by atoms with Gasteiger partial charge in [0.1, 0.15) is 0 Å². The molecule has 1 N–H and O–H groups in total. The molecule has 1 nitrogen and oxygen atoms in total. The summed E-state index contributed by atoms with van der Waals surface area (Å²) in [5.74, 6) is 0. The van der Waals surface area contributed by atoms with Gasteiger partial charge in [0.05, 0.1) is 0 Å². The minimum Gasteiger partial charge on any atom is -0.320 e. The van der Waals surface area contributed by atoms with Gasteiger partial charge < -0.3 is 5.32 Å². The quantitative estimate of drug-likeness (QED) is 0.768. The molecule has 0 spiro atoms. The molecule has 84 valence electrons. The number of hydrogen-bond donors (Lipinski definition) is 1. The fraction of sp³-hybridized carbons (Fsp3) is 0.333. The van der Waals surface area contributed by atoms with Crippen LogP contribution in [0, 0.1) is 6.92 Å². The van der Waals surface area contributed by atoms with Gasteiger partial charge in [-0.15, -0.1) is 0 Å². The molecule has 0 saturated heterocycles. The lowest BCUT2D eigenvalue weighted by Gasteiger charge is -2.04. The molecule has 0 unspecified atom stereocenters. The van der Waals surface area contributed by atoms with Crippen molar-refractivity contribution < 1.29 is 0 Å². The van der Waals surface area contributed by atoms with E-state index < -0.39 is 0 Å². The zero-order valence-corrected chi connectivity index (χ0v) is 10.1. The van der Waals surface area contributed by atoms with E-state index in [0.29, 0.717) is 0 Å². The van der Waals surface area contributed by atoms with E-state index in [2.05, 4.69) is 48.6 Å². The number of hydrogen-bond acceptors (Lipinski definition) is 1. The Kier molecular flexibility index (Phi) is 3.58. The molecule has 0 amide bonds. The molecule has 0 radical (unpaired) electrons. The molecule has 0 fully saturated rings. The first-order valence-electron chi connectivity index (χ1n) is 5.93. The molecule has 2 aromatic carbocycles. The summed E-state index contributed by atoms with van der Waals surface area (Å²) in [7, 11) is 2.00. The van der Waals surface area contributed by atoms with Gasteiger partial charge >= 0.3 is 0 Å². The fourth-order valence-electron chi connectivity index (χ4n) is 2.04. The highest BCUT2D eigenvalue weighted by Crippen LogP contribution is 2.18. The summed E-state index contributed by atoms with van der Waals surface area (Å²) in [5.41, 5.74) is 2.77. The maximum atomic E-state index is 3.18. The fourth-order valence-corrected chi connectivity index (χ4v) is 2.04. The number of rotatable bonds is 4. The highest BCUT2D eigenvalue weighted by molar-refractivity contribution is 5.83. The number of aryl methyl sites for hydroxylation is 2. The molecular weight excluding hydrogens is 194 g/mol. The highest BCUT2D eigenvalue weighted by Gasteiger charge is 1.97. The van der Waals surface area contributed by atoms with Crippen LogP contribution in [0.4, 0.5) is 0 Å². The number of benzene rings is 2. The lowest BCUT2D eigenvalue weighted by molar-refractivity contribution is 0.725. The predicted octanol–water partition coefficient (Wildman–Crippen LogP) is 3.30. The Balaban J connectivity index is 2.20. The van der Waals surface area contributed by atoms with Gasteiger partial charge in [-0.3, -0.25) is 0 Å². The lowest BCUT2D eigenvalue weighted by Crippen LogP contribution is -2.08. The second-order valence-corrected chi connectivity index (χ2v) is 4.39. The predicted molar refractivity (Wildman–Crippen MR) is 70.9 cm³/mol. The molecule has 16 heavy (non-hydrogen) atoms. The minimum atomic E-state index is 1.09. The summed E-state index contributed by atoms with van der Waals surface area (Å²) >= 11 is 0. The van der Waals surface area contributed by atoms with Gasteiger partial charge in [-0.2, -0.15) is 0 Å². The van der Waals surface area contributed by atoms with Crippen molar-refractivity contribution in [3.63, 3.8) is 0 Å². The molecule has 0 atom stereocenters. The van der Waals surface area contributed by atoms with E-state index in [1.165, 1.54) is 28.3 Å². The molecule has 0 aliphatic carbocycles. The Morgan fingerprint density at radius 3 is 2.56 bits per heavy atom. The average Bonchev–Trinajstić information content (AvgIpc) is 2.29. The summed E-state index contributed by atoms with van der Waals surface area (Å²) < 4.78 is 0. The van der Waals surface area contributed by atoms with Crippen molar-refractivity contribution >= 4 is 10.8 Å². The van der Waals surface area contributed by atoms with Crippen molar-refractivity contribution in [3.05, 3.63) is 47.5 Å². The molecule has 0 saturated carbocycles. The maximum absolute atomic E-state index is 3.18. The van der Waals surface area contributed by atoms with Gasteiger partial charge in [0.15, 0.2) is 0 Å². The number of nitrogens with one attached hydrogen (secondary N) is 1.